The second kappa shape index (κ2) is 7.90. The predicted molar refractivity (Wildman–Crippen MR) is 111 cm³/mol. The van der Waals surface area contributed by atoms with Crippen LogP contribution in [0.25, 0.3) is 28.2 Å². The Bertz CT molecular complexity index is 1270. The number of rotatable bonds is 4. The van der Waals surface area contributed by atoms with Gasteiger partial charge < -0.3 is 10.6 Å². The van der Waals surface area contributed by atoms with Crippen LogP contribution in [0.5, 0.6) is 0 Å². The number of carbonyl (C=O) groups is 1. The lowest BCUT2D eigenvalue weighted by atomic mass is 10.0. The molecule has 8 nitrogen and oxygen atoms in total. The largest absolute Gasteiger partial charge is 0.383 e. The summed E-state index contributed by atoms with van der Waals surface area (Å²) in [6.07, 6.45) is 1.59. The normalized spacial score (nSPS) is 10.8. The first-order chi connectivity index (χ1) is 14.8. The molecule has 0 aliphatic rings. The topological polar surface area (TPSA) is 103 Å². The molecule has 10 heteroatoms. The summed E-state index contributed by atoms with van der Waals surface area (Å²) in [4.78, 5) is 17.4. The van der Waals surface area contributed by atoms with E-state index in [-0.39, 0.29) is 23.2 Å². The van der Waals surface area contributed by atoms with Crippen molar-refractivity contribution in [1.29, 1.82) is 0 Å². The lowest BCUT2D eigenvalue weighted by Gasteiger charge is -2.16. The molecule has 0 saturated carbocycles. The molecule has 0 atom stereocenters. The zero-order valence-corrected chi connectivity index (χ0v) is 16.6. The molecule has 2 N–H and O–H groups in total. The van der Waals surface area contributed by atoms with E-state index in [1.165, 1.54) is 16.5 Å². The van der Waals surface area contributed by atoms with Gasteiger partial charge in [0.15, 0.2) is 5.82 Å². The third-order valence-corrected chi connectivity index (χ3v) is 4.76. The third-order valence-electron chi connectivity index (χ3n) is 4.76. The van der Waals surface area contributed by atoms with Crippen molar-refractivity contribution in [2.75, 3.05) is 17.7 Å². The first kappa shape index (κ1) is 20.1. The van der Waals surface area contributed by atoms with Crippen LogP contribution < -0.4 is 10.6 Å². The highest BCUT2D eigenvalue weighted by Gasteiger charge is 2.17. The van der Waals surface area contributed by atoms with Gasteiger partial charge in [0.1, 0.15) is 17.5 Å². The number of nitrogens with zero attached hydrogens (tertiary/aromatic N) is 6. The lowest BCUT2D eigenvalue weighted by Crippen LogP contribution is -2.22. The third kappa shape index (κ3) is 3.95. The number of pyridine rings is 1. The average Bonchev–Trinajstić information content (AvgIpc) is 3.22. The summed E-state index contributed by atoms with van der Waals surface area (Å²) in [7, 11) is 1.68. The van der Waals surface area contributed by atoms with Crippen molar-refractivity contribution in [2.24, 2.45) is 0 Å². The number of hydrogen-bond acceptors (Lipinski definition) is 6. The highest BCUT2D eigenvalue weighted by Crippen LogP contribution is 2.31. The number of nitrogens with two attached hydrogens (primary N) is 1. The number of anilines is 2. The van der Waals surface area contributed by atoms with E-state index in [0.29, 0.717) is 16.8 Å². The first-order valence-corrected chi connectivity index (χ1v) is 9.19. The molecule has 4 rings (SSSR count). The summed E-state index contributed by atoms with van der Waals surface area (Å²) in [5.41, 5.74) is 8.75. The van der Waals surface area contributed by atoms with Crippen molar-refractivity contribution in [3.05, 3.63) is 66.4 Å². The van der Waals surface area contributed by atoms with Crippen LogP contribution in [0.4, 0.5) is 20.3 Å². The summed E-state index contributed by atoms with van der Waals surface area (Å²) >= 11 is 0. The molecule has 2 aromatic carbocycles. The Balaban J connectivity index is 1.80. The van der Waals surface area contributed by atoms with Gasteiger partial charge in [-0.25, -0.2) is 13.8 Å². The maximum absolute atomic E-state index is 13.7. The van der Waals surface area contributed by atoms with Gasteiger partial charge in [-0.3, -0.25) is 4.79 Å². The van der Waals surface area contributed by atoms with E-state index in [9.17, 15) is 13.6 Å². The van der Waals surface area contributed by atoms with Crippen LogP contribution in [0.2, 0.25) is 0 Å². The zero-order valence-electron chi connectivity index (χ0n) is 16.6. The molecule has 2 aromatic heterocycles. The van der Waals surface area contributed by atoms with Crippen molar-refractivity contribution in [1.82, 2.24) is 25.2 Å². The maximum Gasteiger partial charge on any atom is 0.223 e. The first-order valence-electron chi connectivity index (χ1n) is 9.19. The van der Waals surface area contributed by atoms with Crippen LogP contribution >= 0.6 is 0 Å². The fourth-order valence-electron chi connectivity index (χ4n) is 3.08. The molecule has 4 aromatic rings. The second-order valence-corrected chi connectivity index (χ2v) is 6.83. The molecule has 156 valence electrons. The fraction of sp³-hybridized carbons (Fsp3) is 0.0952. The van der Waals surface area contributed by atoms with E-state index in [4.69, 9.17) is 5.73 Å². The number of aromatic nitrogens is 5. The van der Waals surface area contributed by atoms with Crippen LogP contribution in [-0.2, 0) is 4.79 Å². The van der Waals surface area contributed by atoms with E-state index >= 15 is 0 Å². The van der Waals surface area contributed by atoms with Crippen molar-refractivity contribution in [3.8, 4) is 28.2 Å². The van der Waals surface area contributed by atoms with Gasteiger partial charge in [-0.2, -0.15) is 4.68 Å². The van der Waals surface area contributed by atoms with Crippen LogP contribution in [0, 0.1) is 11.6 Å². The van der Waals surface area contributed by atoms with Gasteiger partial charge in [-0.1, -0.05) is 12.1 Å². The molecular formula is C21H17F2N7O. The molecule has 0 bridgehead atoms. The van der Waals surface area contributed by atoms with Crippen LogP contribution in [0.15, 0.2) is 54.7 Å². The van der Waals surface area contributed by atoms with Crippen molar-refractivity contribution < 1.29 is 13.6 Å². The summed E-state index contributed by atoms with van der Waals surface area (Å²) < 4.78 is 28.6. The fourth-order valence-corrected chi connectivity index (χ4v) is 3.08. The molecule has 0 radical (unpaired) electrons. The minimum atomic E-state index is -0.761. The standard InChI is InChI=1S/C21H17F2N7O/c1-12(31)29(2)17-5-3-4-13(6-17)14-7-19(20(24)25-11-14)21-26-27-28-30(21)18-9-15(22)8-16(23)10-18/h3-11H,1-2H3,(H2,24,25). The van der Waals surface area contributed by atoms with Crippen LogP contribution in [0.1, 0.15) is 6.92 Å². The highest BCUT2D eigenvalue weighted by atomic mass is 19.1. The van der Waals surface area contributed by atoms with E-state index in [2.05, 4.69) is 20.5 Å². The Kier molecular flexibility index (Phi) is 5.12. The zero-order chi connectivity index (χ0) is 22.1. The number of nitrogen functional groups attached to an aromatic ring is 1. The molecule has 0 fully saturated rings. The van der Waals surface area contributed by atoms with Gasteiger partial charge in [0.05, 0.1) is 11.3 Å². The molecule has 0 saturated heterocycles. The molecule has 0 spiro atoms. The lowest BCUT2D eigenvalue weighted by molar-refractivity contribution is -0.116. The second-order valence-electron chi connectivity index (χ2n) is 6.83. The summed E-state index contributed by atoms with van der Waals surface area (Å²) in [5, 5.41) is 11.4. The van der Waals surface area contributed by atoms with Crippen LogP contribution in [-0.4, -0.2) is 38.1 Å². The molecular weight excluding hydrogens is 404 g/mol. The van der Waals surface area contributed by atoms with E-state index in [0.717, 1.165) is 23.8 Å². The monoisotopic (exact) mass is 421 g/mol. The Hall–Kier alpha value is -4.21. The Morgan fingerprint density at radius 2 is 1.81 bits per heavy atom. The van der Waals surface area contributed by atoms with Crippen molar-refractivity contribution >= 4 is 17.4 Å². The van der Waals surface area contributed by atoms with Gasteiger partial charge >= 0.3 is 0 Å². The predicted octanol–water partition coefficient (Wildman–Crippen LogP) is 3.23. The number of halogens is 2. The van der Waals surface area contributed by atoms with Crippen LogP contribution in [0.3, 0.4) is 0 Å². The maximum atomic E-state index is 13.7. The number of tetrazole rings is 1. The number of amides is 1. The SMILES string of the molecule is CC(=O)N(C)c1cccc(-c2cnc(N)c(-c3nnnn3-c3cc(F)cc(F)c3)c2)c1. The van der Waals surface area contributed by atoms with Gasteiger partial charge in [0, 0.05) is 37.5 Å². The van der Waals surface area contributed by atoms with Gasteiger partial charge in [0.2, 0.25) is 5.91 Å². The number of benzene rings is 2. The average molecular weight is 421 g/mol. The summed E-state index contributed by atoms with van der Waals surface area (Å²) in [6.45, 7) is 1.48. The minimum Gasteiger partial charge on any atom is -0.383 e. The molecule has 0 unspecified atom stereocenters. The molecule has 31 heavy (non-hydrogen) atoms. The van der Waals surface area contributed by atoms with Crippen molar-refractivity contribution in [2.45, 2.75) is 6.92 Å². The number of carbonyl (C=O) groups excluding carboxylic acids is 1. The Morgan fingerprint density at radius 3 is 2.52 bits per heavy atom. The molecule has 1 amide bonds. The Labute approximate surface area is 175 Å². The van der Waals surface area contributed by atoms with Gasteiger partial charge in [0.25, 0.3) is 0 Å². The van der Waals surface area contributed by atoms with Crippen molar-refractivity contribution in [3.63, 3.8) is 0 Å². The van der Waals surface area contributed by atoms with E-state index < -0.39 is 11.6 Å². The molecule has 2 heterocycles. The highest BCUT2D eigenvalue weighted by molar-refractivity contribution is 5.91. The smallest absolute Gasteiger partial charge is 0.223 e. The van der Waals surface area contributed by atoms with Gasteiger partial charge in [-0.15, -0.1) is 5.10 Å². The van der Waals surface area contributed by atoms with E-state index in [1.54, 1.807) is 19.3 Å². The quantitative estimate of drug-likeness (QED) is 0.543. The number of hydrogen-bond donors (Lipinski definition) is 1. The Morgan fingerprint density at radius 1 is 1.06 bits per heavy atom. The minimum absolute atomic E-state index is 0.102. The molecule has 0 aliphatic carbocycles. The van der Waals surface area contributed by atoms with Gasteiger partial charge in [-0.05, 0) is 46.3 Å². The summed E-state index contributed by atoms with van der Waals surface area (Å²) in [5.74, 6) is -1.30. The molecule has 0 aliphatic heterocycles. The summed E-state index contributed by atoms with van der Waals surface area (Å²) in [6, 6.07) is 12.0. The van der Waals surface area contributed by atoms with E-state index in [1.807, 2.05) is 24.3 Å².